The number of likely N-dealkylation sites (tertiary alicyclic amines) is 1. The van der Waals surface area contributed by atoms with Crippen LogP contribution in [0.5, 0.6) is 0 Å². The van der Waals surface area contributed by atoms with Crippen LogP contribution in [0.1, 0.15) is 37.8 Å². The highest BCUT2D eigenvalue weighted by Gasteiger charge is 2.30. The van der Waals surface area contributed by atoms with E-state index in [1.54, 1.807) is 0 Å². The smallest absolute Gasteiger partial charge is 0.191 e. The van der Waals surface area contributed by atoms with Crippen LogP contribution in [0.25, 0.3) is 0 Å². The van der Waals surface area contributed by atoms with Gasteiger partial charge in [-0.15, -0.1) is 0 Å². The number of ether oxygens (including phenoxy) is 1. The Hall–Kier alpha value is -1.34. The predicted octanol–water partition coefficient (Wildman–Crippen LogP) is 3.00. The number of halogens is 1. The fourth-order valence-corrected chi connectivity index (χ4v) is 4.75. The van der Waals surface area contributed by atoms with Gasteiger partial charge in [-0.05, 0) is 69.9 Å². The Bertz CT molecular complexity index is 665. The first kappa shape index (κ1) is 23.3. The van der Waals surface area contributed by atoms with Crippen LogP contribution >= 0.6 is 11.6 Å². The van der Waals surface area contributed by atoms with Crippen molar-refractivity contribution in [1.29, 1.82) is 0 Å². The minimum absolute atomic E-state index is 0.366. The van der Waals surface area contributed by atoms with Crippen LogP contribution in [0, 0.1) is 5.92 Å². The Kier molecular flexibility index (Phi) is 9.72. The van der Waals surface area contributed by atoms with Crippen LogP contribution in [0.4, 0.5) is 0 Å². The molecule has 1 aromatic carbocycles. The summed E-state index contributed by atoms with van der Waals surface area (Å²) in [6, 6.07) is 8.68. The first-order chi connectivity index (χ1) is 14.7. The summed E-state index contributed by atoms with van der Waals surface area (Å²) in [6.45, 7) is 10.8. The lowest BCUT2D eigenvalue weighted by Gasteiger charge is -2.39. The minimum atomic E-state index is 0.366. The Labute approximate surface area is 187 Å². The first-order valence-electron chi connectivity index (χ1n) is 11.5. The second kappa shape index (κ2) is 12.5. The standard InChI is InChI=1S/C23H38ClN5O/c1-3-25-23(26-10-6-12-29-13-15-30-16-14-29)27-18-20-8-5-11-28(2)22(20)19-7-4-9-21(24)17-19/h4,7,9,17,20,22H,3,5-6,8,10-16,18H2,1-2H3,(H2,25,26,27). The number of hydrogen-bond acceptors (Lipinski definition) is 4. The van der Waals surface area contributed by atoms with Gasteiger partial charge in [-0.1, -0.05) is 23.7 Å². The molecule has 6 nitrogen and oxygen atoms in total. The second-order valence-electron chi connectivity index (χ2n) is 8.34. The molecule has 0 spiro atoms. The van der Waals surface area contributed by atoms with E-state index in [4.69, 9.17) is 21.3 Å². The number of morpholine rings is 1. The molecule has 0 bridgehead atoms. The molecule has 0 amide bonds. The Morgan fingerprint density at radius 3 is 2.83 bits per heavy atom. The van der Waals surface area contributed by atoms with Gasteiger partial charge in [0.25, 0.3) is 0 Å². The van der Waals surface area contributed by atoms with E-state index >= 15 is 0 Å². The van der Waals surface area contributed by atoms with Crippen molar-refractivity contribution in [1.82, 2.24) is 20.4 Å². The van der Waals surface area contributed by atoms with E-state index in [0.29, 0.717) is 12.0 Å². The number of rotatable bonds is 8. The van der Waals surface area contributed by atoms with Gasteiger partial charge < -0.3 is 15.4 Å². The van der Waals surface area contributed by atoms with Crippen molar-refractivity contribution in [2.45, 2.75) is 32.2 Å². The maximum atomic E-state index is 6.28. The van der Waals surface area contributed by atoms with Gasteiger partial charge in [-0.2, -0.15) is 0 Å². The molecule has 168 valence electrons. The first-order valence-corrected chi connectivity index (χ1v) is 11.8. The number of guanidine groups is 1. The van der Waals surface area contributed by atoms with Gasteiger partial charge in [0, 0.05) is 43.8 Å². The van der Waals surface area contributed by atoms with E-state index in [2.05, 4.69) is 52.6 Å². The van der Waals surface area contributed by atoms with Crippen molar-refractivity contribution in [3.63, 3.8) is 0 Å². The fourth-order valence-electron chi connectivity index (χ4n) is 4.55. The van der Waals surface area contributed by atoms with Crippen LogP contribution in [-0.2, 0) is 4.74 Å². The molecule has 2 atom stereocenters. The van der Waals surface area contributed by atoms with Crippen LogP contribution in [0.3, 0.4) is 0 Å². The van der Waals surface area contributed by atoms with Crippen molar-refractivity contribution >= 4 is 17.6 Å². The van der Waals surface area contributed by atoms with Gasteiger partial charge in [-0.3, -0.25) is 14.8 Å². The van der Waals surface area contributed by atoms with Crippen molar-refractivity contribution in [3.05, 3.63) is 34.9 Å². The third-order valence-electron chi connectivity index (χ3n) is 6.07. The molecule has 0 aliphatic carbocycles. The summed E-state index contributed by atoms with van der Waals surface area (Å²) in [4.78, 5) is 9.89. The van der Waals surface area contributed by atoms with Crippen molar-refractivity contribution in [2.24, 2.45) is 10.9 Å². The average Bonchev–Trinajstić information content (AvgIpc) is 2.75. The zero-order valence-corrected chi connectivity index (χ0v) is 19.3. The molecule has 2 heterocycles. The lowest BCUT2D eigenvalue weighted by Crippen LogP contribution is -2.41. The molecule has 1 aromatic rings. The van der Waals surface area contributed by atoms with Crippen LogP contribution in [0.2, 0.25) is 5.02 Å². The van der Waals surface area contributed by atoms with Gasteiger partial charge in [0.2, 0.25) is 0 Å². The molecular formula is C23H38ClN5O. The zero-order chi connectivity index (χ0) is 21.2. The number of piperidine rings is 1. The molecule has 2 N–H and O–H groups in total. The second-order valence-corrected chi connectivity index (χ2v) is 8.77. The quantitative estimate of drug-likeness (QED) is 0.373. The van der Waals surface area contributed by atoms with Crippen LogP contribution in [-0.4, -0.2) is 81.8 Å². The van der Waals surface area contributed by atoms with Gasteiger partial charge in [-0.25, -0.2) is 0 Å². The third-order valence-corrected chi connectivity index (χ3v) is 6.31. The van der Waals surface area contributed by atoms with E-state index in [9.17, 15) is 0 Å². The maximum absolute atomic E-state index is 6.28. The molecule has 0 radical (unpaired) electrons. The van der Waals surface area contributed by atoms with E-state index in [1.165, 1.54) is 18.4 Å². The molecule has 2 saturated heterocycles. The zero-order valence-electron chi connectivity index (χ0n) is 18.6. The predicted molar refractivity (Wildman–Crippen MR) is 125 cm³/mol. The Morgan fingerprint density at radius 1 is 1.23 bits per heavy atom. The molecule has 0 saturated carbocycles. The van der Waals surface area contributed by atoms with E-state index in [-0.39, 0.29) is 0 Å². The Morgan fingerprint density at radius 2 is 2.07 bits per heavy atom. The molecule has 7 heteroatoms. The normalized spacial score (nSPS) is 24.0. The maximum Gasteiger partial charge on any atom is 0.191 e. The van der Waals surface area contributed by atoms with Gasteiger partial charge in [0.1, 0.15) is 0 Å². The summed E-state index contributed by atoms with van der Waals surface area (Å²) >= 11 is 6.28. The SMILES string of the molecule is CCNC(=NCC1CCCN(C)C1c1cccc(Cl)c1)NCCCN1CCOCC1. The van der Waals surface area contributed by atoms with E-state index in [0.717, 1.165) is 76.4 Å². The van der Waals surface area contributed by atoms with Crippen molar-refractivity contribution < 1.29 is 4.74 Å². The third kappa shape index (κ3) is 7.12. The summed E-state index contributed by atoms with van der Waals surface area (Å²) in [5.74, 6) is 1.42. The highest BCUT2D eigenvalue weighted by Crippen LogP contribution is 2.36. The monoisotopic (exact) mass is 435 g/mol. The molecule has 2 aliphatic rings. The van der Waals surface area contributed by atoms with E-state index < -0.39 is 0 Å². The molecule has 2 unspecified atom stereocenters. The molecule has 3 rings (SSSR count). The van der Waals surface area contributed by atoms with Gasteiger partial charge in [0.05, 0.1) is 13.2 Å². The summed E-state index contributed by atoms with van der Waals surface area (Å²) in [5, 5.41) is 7.74. The summed E-state index contributed by atoms with van der Waals surface area (Å²) in [5.41, 5.74) is 1.30. The molecule has 2 fully saturated rings. The van der Waals surface area contributed by atoms with Crippen LogP contribution < -0.4 is 10.6 Å². The summed E-state index contributed by atoms with van der Waals surface area (Å²) in [7, 11) is 2.22. The highest BCUT2D eigenvalue weighted by molar-refractivity contribution is 6.30. The highest BCUT2D eigenvalue weighted by atomic mass is 35.5. The number of nitrogens with one attached hydrogen (secondary N) is 2. The molecule has 0 aromatic heterocycles. The average molecular weight is 436 g/mol. The lowest BCUT2D eigenvalue weighted by atomic mass is 9.85. The van der Waals surface area contributed by atoms with Gasteiger partial charge >= 0.3 is 0 Å². The Balaban J connectivity index is 1.54. The lowest BCUT2D eigenvalue weighted by molar-refractivity contribution is 0.0376. The number of aliphatic imine (C=N–C) groups is 1. The molecule has 2 aliphatic heterocycles. The number of nitrogens with zero attached hydrogens (tertiary/aromatic N) is 3. The largest absolute Gasteiger partial charge is 0.379 e. The van der Waals surface area contributed by atoms with Crippen molar-refractivity contribution in [2.75, 3.05) is 66.1 Å². The summed E-state index contributed by atoms with van der Waals surface area (Å²) < 4.78 is 5.42. The topological polar surface area (TPSA) is 52.1 Å². The summed E-state index contributed by atoms with van der Waals surface area (Å²) in [6.07, 6.45) is 3.53. The minimum Gasteiger partial charge on any atom is -0.379 e. The van der Waals surface area contributed by atoms with E-state index in [1.807, 2.05) is 6.07 Å². The molecular weight excluding hydrogens is 398 g/mol. The number of hydrogen-bond donors (Lipinski definition) is 2. The van der Waals surface area contributed by atoms with Gasteiger partial charge in [0.15, 0.2) is 5.96 Å². The number of benzene rings is 1. The fraction of sp³-hybridized carbons (Fsp3) is 0.696. The van der Waals surface area contributed by atoms with Crippen LogP contribution in [0.15, 0.2) is 29.3 Å². The molecule has 30 heavy (non-hydrogen) atoms. The van der Waals surface area contributed by atoms with Crippen molar-refractivity contribution in [3.8, 4) is 0 Å².